The van der Waals surface area contributed by atoms with Gasteiger partial charge < -0.3 is 10.6 Å². The first-order valence-electron chi connectivity index (χ1n) is 10.00. The van der Waals surface area contributed by atoms with Gasteiger partial charge in [0, 0.05) is 11.8 Å². The first kappa shape index (κ1) is 20.5. The SMILES string of the molecule is CC(SCc1ccccc1)C(=O)Nc1ccccc1C(=O)NC1CCCCC1. The van der Waals surface area contributed by atoms with E-state index in [0.717, 1.165) is 18.6 Å². The molecule has 1 atom stereocenters. The Morgan fingerprint density at radius 3 is 2.43 bits per heavy atom. The van der Waals surface area contributed by atoms with E-state index in [1.165, 1.54) is 24.8 Å². The molecule has 0 radical (unpaired) electrons. The van der Waals surface area contributed by atoms with Gasteiger partial charge >= 0.3 is 0 Å². The number of amides is 2. The van der Waals surface area contributed by atoms with Crippen molar-refractivity contribution in [1.82, 2.24) is 5.32 Å². The monoisotopic (exact) mass is 396 g/mol. The maximum Gasteiger partial charge on any atom is 0.253 e. The number of hydrogen-bond donors (Lipinski definition) is 2. The number of hydrogen-bond acceptors (Lipinski definition) is 3. The lowest BCUT2D eigenvalue weighted by Gasteiger charge is -2.23. The van der Waals surface area contributed by atoms with Crippen LogP contribution in [0.5, 0.6) is 0 Å². The molecule has 0 spiro atoms. The molecule has 3 rings (SSSR count). The van der Waals surface area contributed by atoms with E-state index in [-0.39, 0.29) is 23.1 Å². The van der Waals surface area contributed by atoms with Gasteiger partial charge in [0.05, 0.1) is 16.5 Å². The zero-order chi connectivity index (χ0) is 19.8. The standard InChI is InChI=1S/C23H28N2O2S/c1-17(28-16-18-10-4-2-5-11-18)22(26)25-21-15-9-8-14-20(21)23(27)24-19-12-6-3-7-13-19/h2,4-5,8-11,14-15,17,19H,3,6-7,12-13,16H2,1H3,(H,24,27)(H,25,26). The predicted molar refractivity (Wildman–Crippen MR) is 117 cm³/mol. The van der Waals surface area contributed by atoms with E-state index in [2.05, 4.69) is 22.8 Å². The number of carbonyl (C=O) groups is 2. The van der Waals surface area contributed by atoms with Crippen molar-refractivity contribution < 1.29 is 9.59 Å². The van der Waals surface area contributed by atoms with Crippen molar-refractivity contribution in [3.63, 3.8) is 0 Å². The van der Waals surface area contributed by atoms with Crippen LogP contribution in [0.4, 0.5) is 5.69 Å². The van der Waals surface area contributed by atoms with E-state index >= 15 is 0 Å². The number of anilines is 1. The highest BCUT2D eigenvalue weighted by molar-refractivity contribution is 7.99. The molecule has 1 unspecified atom stereocenters. The van der Waals surface area contributed by atoms with Gasteiger partial charge in [0.15, 0.2) is 0 Å². The molecule has 4 nitrogen and oxygen atoms in total. The van der Waals surface area contributed by atoms with Gasteiger partial charge in [-0.15, -0.1) is 11.8 Å². The second-order valence-electron chi connectivity index (χ2n) is 7.28. The second-order valence-corrected chi connectivity index (χ2v) is 8.61. The van der Waals surface area contributed by atoms with E-state index in [4.69, 9.17) is 0 Å². The number of thioether (sulfide) groups is 1. The summed E-state index contributed by atoms with van der Waals surface area (Å²) in [6, 6.07) is 17.6. The molecular weight excluding hydrogens is 368 g/mol. The van der Waals surface area contributed by atoms with Gasteiger partial charge in [-0.3, -0.25) is 9.59 Å². The molecule has 5 heteroatoms. The van der Waals surface area contributed by atoms with Crippen molar-refractivity contribution >= 4 is 29.3 Å². The number of para-hydroxylation sites is 1. The van der Waals surface area contributed by atoms with Gasteiger partial charge in [0.1, 0.15) is 0 Å². The molecule has 1 fully saturated rings. The zero-order valence-corrected chi connectivity index (χ0v) is 17.1. The first-order valence-corrected chi connectivity index (χ1v) is 11.0. The van der Waals surface area contributed by atoms with Crippen LogP contribution in [-0.2, 0) is 10.5 Å². The maximum absolute atomic E-state index is 12.7. The van der Waals surface area contributed by atoms with Crippen LogP contribution in [0.1, 0.15) is 54.9 Å². The topological polar surface area (TPSA) is 58.2 Å². The summed E-state index contributed by atoms with van der Waals surface area (Å²) in [4.78, 5) is 25.4. The molecule has 1 saturated carbocycles. The molecule has 1 aliphatic carbocycles. The third kappa shape index (κ3) is 5.86. The van der Waals surface area contributed by atoms with Crippen molar-refractivity contribution in [2.75, 3.05) is 5.32 Å². The fraction of sp³-hybridized carbons (Fsp3) is 0.391. The Balaban J connectivity index is 1.58. The molecule has 1 aliphatic rings. The van der Waals surface area contributed by atoms with Gasteiger partial charge in [-0.05, 0) is 37.5 Å². The highest BCUT2D eigenvalue weighted by atomic mass is 32.2. The summed E-state index contributed by atoms with van der Waals surface area (Å²) in [6.45, 7) is 1.90. The summed E-state index contributed by atoms with van der Waals surface area (Å²) in [5.41, 5.74) is 2.30. The molecule has 28 heavy (non-hydrogen) atoms. The number of rotatable bonds is 7. The Bertz CT molecular complexity index is 788. The van der Waals surface area contributed by atoms with Gasteiger partial charge in [-0.1, -0.05) is 61.7 Å². The quantitative estimate of drug-likeness (QED) is 0.692. The molecular formula is C23H28N2O2S. The lowest BCUT2D eigenvalue weighted by Crippen LogP contribution is -2.36. The van der Waals surface area contributed by atoms with Crippen LogP contribution in [-0.4, -0.2) is 23.1 Å². The lowest BCUT2D eigenvalue weighted by molar-refractivity contribution is -0.115. The number of carbonyl (C=O) groups excluding carboxylic acids is 2. The fourth-order valence-electron chi connectivity index (χ4n) is 3.41. The van der Waals surface area contributed by atoms with Crippen molar-refractivity contribution in [1.29, 1.82) is 0 Å². The Labute approximate surface area is 171 Å². The summed E-state index contributed by atoms with van der Waals surface area (Å²) in [7, 11) is 0. The molecule has 0 aliphatic heterocycles. The van der Waals surface area contributed by atoms with Crippen molar-refractivity contribution in [2.45, 2.75) is 56.1 Å². The van der Waals surface area contributed by atoms with Gasteiger partial charge in [-0.25, -0.2) is 0 Å². The van der Waals surface area contributed by atoms with Crippen LogP contribution >= 0.6 is 11.8 Å². The van der Waals surface area contributed by atoms with Gasteiger partial charge in [0.2, 0.25) is 5.91 Å². The molecule has 0 aromatic heterocycles. The predicted octanol–water partition coefficient (Wildman–Crippen LogP) is 5.01. The van der Waals surface area contributed by atoms with E-state index < -0.39 is 0 Å². The van der Waals surface area contributed by atoms with E-state index in [0.29, 0.717) is 11.3 Å². The third-order valence-electron chi connectivity index (χ3n) is 5.08. The molecule has 2 N–H and O–H groups in total. The van der Waals surface area contributed by atoms with Crippen LogP contribution in [0, 0.1) is 0 Å². The average Bonchev–Trinajstić information content (AvgIpc) is 2.73. The summed E-state index contributed by atoms with van der Waals surface area (Å²) >= 11 is 1.59. The summed E-state index contributed by atoms with van der Waals surface area (Å²) in [6.07, 6.45) is 5.65. The summed E-state index contributed by atoms with van der Waals surface area (Å²) < 4.78 is 0. The van der Waals surface area contributed by atoms with Gasteiger partial charge in [0.25, 0.3) is 5.91 Å². The molecule has 148 valence electrons. The third-order valence-corrected chi connectivity index (χ3v) is 6.30. The highest BCUT2D eigenvalue weighted by Crippen LogP contribution is 2.22. The van der Waals surface area contributed by atoms with Crippen LogP contribution in [0.2, 0.25) is 0 Å². The minimum absolute atomic E-state index is 0.0844. The summed E-state index contributed by atoms with van der Waals surface area (Å²) in [5, 5.41) is 5.86. The molecule has 2 aromatic rings. The second kappa shape index (κ2) is 10.3. The molecule has 0 heterocycles. The van der Waals surface area contributed by atoms with E-state index in [1.807, 2.05) is 37.3 Å². The first-order chi connectivity index (χ1) is 13.6. The molecule has 2 amide bonds. The Morgan fingerprint density at radius 1 is 1.00 bits per heavy atom. The highest BCUT2D eigenvalue weighted by Gasteiger charge is 2.20. The van der Waals surface area contributed by atoms with Crippen molar-refractivity contribution in [3.05, 3.63) is 65.7 Å². The van der Waals surface area contributed by atoms with Gasteiger partial charge in [-0.2, -0.15) is 0 Å². The maximum atomic E-state index is 12.7. The summed E-state index contributed by atoms with van der Waals surface area (Å²) in [5.74, 6) is 0.588. The lowest BCUT2D eigenvalue weighted by atomic mass is 9.95. The fourth-order valence-corrected chi connectivity index (χ4v) is 4.25. The minimum Gasteiger partial charge on any atom is -0.349 e. The minimum atomic E-state index is -0.213. The van der Waals surface area contributed by atoms with Crippen molar-refractivity contribution in [3.8, 4) is 0 Å². The van der Waals surface area contributed by atoms with Crippen LogP contribution in [0.15, 0.2) is 54.6 Å². The molecule has 0 saturated heterocycles. The number of nitrogens with one attached hydrogen (secondary N) is 2. The molecule has 0 bridgehead atoms. The Morgan fingerprint density at radius 2 is 1.68 bits per heavy atom. The van der Waals surface area contributed by atoms with Crippen LogP contribution < -0.4 is 10.6 Å². The smallest absolute Gasteiger partial charge is 0.253 e. The normalized spacial score (nSPS) is 15.6. The largest absolute Gasteiger partial charge is 0.349 e. The number of benzene rings is 2. The Hall–Kier alpha value is -2.27. The van der Waals surface area contributed by atoms with Crippen LogP contribution in [0.3, 0.4) is 0 Å². The zero-order valence-electron chi connectivity index (χ0n) is 16.3. The molecule has 2 aromatic carbocycles. The van der Waals surface area contributed by atoms with E-state index in [9.17, 15) is 9.59 Å². The van der Waals surface area contributed by atoms with Crippen LogP contribution in [0.25, 0.3) is 0 Å². The Kier molecular flexibility index (Phi) is 7.54. The average molecular weight is 397 g/mol. The van der Waals surface area contributed by atoms with E-state index in [1.54, 1.807) is 23.9 Å². The van der Waals surface area contributed by atoms with Crippen molar-refractivity contribution in [2.24, 2.45) is 0 Å².